The third-order valence-corrected chi connectivity index (χ3v) is 3.14. The van der Waals surface area contributed by atoms with Crippen LogP contribution >= 0.6 is 0 Å². The van der Waals surface area contributed by atoms with Gasteiger partial charge in [0.05, 0.1) is 18.1 Å². The minimum absolute atomic E-state index is 0.259. The van der Waals surface area contributed by atoms with E-state index in [1.807, 2.05) is 6.07 Å². The molecular formula is C18H14N2O4. The molecule has 0 atom stereocenters. The highest BCUT2D eigenvalue weighted by Gasteiger charge is 2.10. The van der Waals surface area contributed by atoms with Gasteiger partial charge < -0.3 is 10.1 Å². The number of benzene rings is 2. The van der Waals surface area contributed by atoms with E-state index in [9.17, 15) is 14.4 Å². The fraction of sp³-hybridized carbons (Fsp3) is 0.111. The summed E-state index contributed by atoms with van der Waals surface area (Å²) >= 11 is 0. The van der Waals surface area contributed by atoms with Gasteiger partial charge in [0.15, 0.2) is 6.61 Å². The lowest BCUT2D eigenvalue weighted by molar-refractivity contribution is -0.119. The Morgan fingerprint density at radius 1 is 1.08 bits per heavy atom. The molecule has 0 aliphatic carbocycles. The van der Waals surface area contributed by atoms with Gasteiger partial charge in [0.2, 0.25) is 0 Å². The first-order valence-electron chi connectivity index (χ1n) is 7.10. The van der Waals surface area contributed by atoms with E-state index in [4.69, 9.17) is 10.00 Å². The van der Waals surface area contributed by atoms with Crippen molar-refractivity contribution in [2.75, 3.05) is 11.9 Å². The quantitative estimate of drug-likeness (QED) is 0.650. The second-order valence-corrected chi connectivity index (χ2v) is 4.90. The minimum Gasteiger partial charge on any atom is -0.452 e. The Morgan fingerprint density at radius 2 is 1.75 bits per heavy atom. The highest BCUT2D eigenvalue weighted by molar-refractivity contribution is 5.95. The Morgan fingerprint density at radius 3 is 2.33 bits per heavy atom. The molecule has 0 radical (unpaired) electrons. The summed E-state index contributed by atoms with van der Waals surface area (Å²) in [6, 6.07) is 14.7. The van der Waals surface area contributed by atoms with Crippen LogP contribution in [-0.2, 0) is 16.0 Å². The molecule has 0 saturated heterocycles. The van der Waals surface area contributed by atoms with Crippen molar-refractivity contribution in [2.24, 2.45) is 0 Å². The van der Waals surface area contributed by atoms with Crippen molar-refractivity contribution >= 4 is 23.9 Å². The summed E-state index contributed by atoms with van der Waals surface area (Å²) in [6.45, 7) is -0.422. The number of carbonyl (C=O) groups is 3. The first-order chi connectivity index (χ1) is 11.6. The normalized spacial score (nSPS) is 9.62. The number of anilines is 1. The molecule has 0 aromatic heterocycles. The van der Waals surface area contributed by atoms with Gasteiger partial charge in [0.1, 0.15) is 6.29 Å². The molecule has 0 bridgehead atoms. The zero-order valence-corrected chi connectivity index (χ0v) is 12.7. The highest BCUT2D eigenvalue weighted by atomic mass is 16.5. The van der Waals surface area contributed by atoms with E-state index in [0.29, 0.717) is 24.0 Å². The lowest BCUT2D eigenvalue weighted by Crippen LogP contribution is -2.20. The van der Waals surface area contributed by atoms with Crippen molar-refractivity contribution in [1.82, 2.24) is 0 Å². The van der Waals surface area contributed by atoms with Crippen LogP contribution in [0.5, 0.6) is 0 Å². The topological polar surface area (TPSA) is 96.3 Å². The molecule has 2 aromatic rings. The summed E-state index contributed by atoms with van der Waals surface area (Å²) < 4.78 is 4.92. The van der Waals surface area contributed by atoms with Crippen LogP contribution in [0.4, 0.5) is 5.69 Å². The maximum absolute atomic E-state index is 11.8. The summed E-state index contributed by atoms with van der Waals surface area (Å²) in [6.07, 6.45) is 0.971. The van der Waals surface area contributed by atoms with E-state index in [0.717, 1.165) is 5.56 Å². The van der Waals surface area contributed by atoms with Crippen molar-refractivity contribution in [2.45, 2.75) is 6.42 Å². The Balaban J connectivity index is 1.84. The molecule has 1 N–H and O–H groups in total. The summed E-state index contributed by atoms with van der Waals surface area (Å²) in [7, 11) is 0. The fourth-order valence-electron chi connectivity index (χ4n) is 1.91. The SMILES string of the molecule is N#CCc1ccc(NC(=O)COC(=O)c2ccc(C=O)cc2)cc1. The third kappa shape index (κ3) is 4.78. The van der Waals surface area contributed by atoms with Gasteiger partial charge in [-0.25, -0.2) is 4.79 Å². The number of nitrogens with zero attached hydrogens (tertiary/aromatic N) is 1. The van der Waals surface area contributed by atoms with Crippen LogP contribution < -0.4 is 5.32 Å². The average Bonchev–Trinajstić information content (AvgIpc) is 2.61. The number of aldehydes is 1. The molecule has 0 aliphatic heterocycles. The average molecular weight is 322 g/mol. The zero-order chi connectivity index (χ0) is 17.4. The first kappa shape index (κ1) is 16.9. The van der Waals surface area contributed by atoms with Gasteiger partial charge in [-0.15, -0.1) is 0 Å². The first-order valence-corrected chi connectivity index (χ1v) is 7.10. The zero-order valence-electron chi connectivity index (χ0n) is 12.7. The molecule has 0 fully saturated rings. The van der Waals surface area contributed by atoms with Crippen molar-refractivity contribution in [3.05, 3.63) is 65.2 Å². The van der Waals surface area contributed by atoms with Gasteiger partial charge in [-0.3, -0.25) is 9.59 Å². The van der Waals surface area contributed by atoms with Crippen molar-refractivity contribution in [3.8, 4) is 6.07 Å². The summed E-state index contributed by atoms with van der Waals surface area (Å²) in [4.78, 5) is 34.1. The molecule has 0 saturated carbocycles. The highest BCUT2D eigenvalue weighted by Crippen LogP contribution is 2.10. The lowest BCUT2D eigenvalue weighted by atomic mass is 10.1. The molecule has 0 unspecified atom stereocenters. The summed E-state index contributed by atoms with van der Waals surface area (Å²) in [5.41, 5.74) is 2.10. The predicted molar refractivity (Wildman–Crippen MR) is 86.5 cm³/mol. The van der Waals surface area contributed by atoms with Crippen LogP contribution in [0, 0.1) is 11.3 Å². The Hall–Kier alpha value is -3.46. The molecule has 0 heterocycles. The number of rotatable bonds is 6. The summed E-state index contributed by atoms with van der Waals surface area (Å²) in [5.74, 6) is -1.12. The second kappa shape index (κ2) is 8.25. The van der Waals surface area contributed by atoms with Gasteiger partial charge in [-0.05, 0) is 29.8 Å². The van der Waals surface area contributed by atoms with Crippen molar-refractivity contribution in [1.29, 1.82) is 5.26 Å². The molecule has 1 amide bonds. The van der Waals surface area contributed by atoms with Gasteiger partial charge in [-0.1, -0.05) is 24.3 Å². The molecule has 6 heteroatoms. The van der Waals surface area contributed by atoms with Crippen molar-refractivity contribution < 1.29 is 19.1 Å². The van der Waals surface area contributed by atoms with Gasteiger partial charge in [0, 0.05) is 11.3 Å². The maximum Gasteiger partial charge on any atom is 0.338 e. The minimum atomic E-state index is -0.646. The number of ether oxygens (including phenoxy) is 1. The lowest BCUT2D eigenvalue weighted by Gasteiger charge is -2.07. The number of amides is 1. The molecule has 2 aromatic carbocycles. The maximum atomic E-state index is 11.8. The molecule has 0 aliphatic rings. The number of hydrogen-bond donors (Lipinski definition) is 1. The third-order valence-electron chi connectivity index (χ3n) is 3.14. The molecule has 2 rings (SSSR count). The Labute approximate surface area is 138 Å². The van der Waals surface area contributed by atoms with Gasteiger partial charge >= 0.3 is 5.97 Å². The van der Waals surface area contributed by atoms with Crippen LogP contribution in [0.2, 0.25) is 0 Å². The molecule has 24 heavy (non-hydrogen) atoms. The number of nitriles is 1. The Bertz CT molecular complexity index is 774. The number of hydrogen-bond acceptors (Lipinski definition) is 5. The van der Waals surface area contributed by atoms with E-state index < -0.39 is 18.5 Å². The molecule has 0 spiro atoms. The molecule has 6 nitrogen and oxygen atoms in total. The van der Waals surface area contributed by atoms with Crippen molar-refractivity contribution in [3.63, 3.8) is 0 Å². The van der Waals surface area contributed by atoms with E-state index >= 15 is 0 Å². The largest absolute Gasteiger partial charge is 0.452 e. The number of carbonyl (C=O) groups excluding carboxylic acids is 3. The van der Waals surface area contributed by atoms with E-state index in [2.05, 4.69) is 5.32 Å². The predicted octanol–water partition coefficient (Wildman–Crippen LogP) is 2.36. The number of nitrogens with one attached hydrogen (secondary N) is 1. The molecule has 120 valence electrons. The van der Waals surface area contributed by atoms with Gasteiger partial charge in [-0.2, -0.15) is 5.26 Å². The van der Waals surface area contributed by atoms with Crippen LogP contribution in [0.3, 0.4) is 0 Å². The monoisotopic (exact) mass is 322 g/mol. The van der Waals surface area contributed by atoms with Crippen LogP contribution in [0.1, 0.15) is 26.3 Å². The molecular weight excluding hydrogens is 308 g/mol. The van der Waals surface area contributed by atoms with Crippen LogP contribution in [-0.4, -0.2) is 24.8 Å². The Kier molecular flexibility index (Phi) is 5.81. The second-order valence-electron chi connectivity index (χ2n) is 4.90. The van der Waals surface area contributed by atoms with E-state index in [1.54, 1.807) is 24.3 Å². The van der Waals surface area contributed by atoms with Crippen LogP contribution in [0.15, 0.2) is 48.5 Å². The van der Waals surface area contributed by atoms with E-state index in [-0.39, 0.29) is 5.56 Å². The van der Waals surface area contributed by atoms with E-state index in [1.165, 1.54) is 24.3 Å². The summed E-state index contributed by atoms with van der Waals surface area (Å²) in [5, 5.41) is 11.2. The van der Waals surface area contributed by atoms with Crippen LogP contribution in [0.25, 0.3) is 0 Å². The van der Waals surface area contributed by atoms with Gasteiger partial charge in [0.25, 0.3) is 5.91 Å². The fourth-order valence-corrected chi connectivity index (χ4v) is 1.91. The standard InChI is InChI=1S/C18H14N2O4/c19-10-9-13-3-7-16(8-4-13)20-17(22)12-24-18(23)15-5-1-14(11-21)2-6-15/h1-8,11H,9,12H2,(H,20,22). The smallest absolute Gasteiger partial charge is 0.338 e. The number of esters is 1.